The van der Waals surface area contributed by atoms with Gasteiger partial charge in [-0.3, -0.25) is 4.99 Å². The molecule has 0 bridgehead atoms. The molecule has 1 aromatic rings. The Morgan fingerprint density at radius 2 is 2.16 bits per heavy atom. The average molecular weight is 348 g/mol. The first-order valence-electron chi connectivity index (χ1n) is 9.64. The Labute approximate surface area is 151 Å². The van der Waals surface area contributed by atoms with Crippen LogP contribution >= 0.6 is 0 Å². The molecule has 5 heteroatoms. The van der Waals surface area contributed by atoms with Gasteiger partial charge in [-0.15, -0.1) is 0 Å². The second-order valence-electron chi connectivity index (χ2n) is 6.60. The lowest BCUT2D eigenvalue weighted by Gasteiger charge is -2.15. The van der Waals surface area contributed by atoms with Crippen LogP contribution in [0, 0.1) is 5.92 Å². The van der Waals surface area contributed by atoms with Crippen LogP contribution < -0.4 is 15.4 Å². The van der Waals surface area contributed by atoms with Crippen molar-refractivity contribution in [2.45, 2.75) is 46.0 Å². The zero-order valence-electron chi connectivity index (χ0n) is 15.7. The molecule has 0 saturated heterocycles. The van der Waals surface area contributed by atoms with Gasteiger partial charge in [-0.05, 0) is 49.3 Å². The predicted octanol–water partition coefficient (Wildman–Crippen LogP) is 2.52. The third-order valence-electron chi connectivity index (χ3n) is 4.55. The first-order chi connectivity index (χ1) is 12.3. The van der Waals surface area contributed by atoms with Crippen LogP contribution in [0.5, 0.6) is 5.75 Å². The average Bonchev–Trinajstić information content (AvgIpc) is 3.07. The number of fused-ring (bicyclic) bond motifs is 1. The summed E-state index contributed by atoms with van der Waals surface area (Å²) in [5.41, 5.74) is 2.65. The van der Waals surface area contributed by atoms with Crippen molar-refractivity contribution in [3.63, 3.8) is 0 Å². The Bertz CT molecular complexity index is 540. The first kappa shape index (κ1) is 19.6. The zero-order valence-corrected chi connectivity index (χ0v) is 15.7. The van der Waals surface area contributed by atoms with Crippen molar-refractivity contribution >= 4 is 5.96 Å². The van der Waals surface area contributed by atoms with Gasteiger partial charge in [0.05, 0.1) is 6.61 Å². The van der Waals surface area contributed by atoms with E-state index in [-0.39, 0.29) is 6.61 Å². The van der Waals surface area contributed by atoms with Gasteiger partial charge >= 0.3 is 0 Å². The lowest BCUT2D eigenvalue weighted by Crippen LogP contribution is -2.38. The van der Waals surface area contributed by atoms with Gasteiger partial charge in [-0.25, -0.2) is 0 Å². The summed E-state index contributed by atoms with van der Waals surface area (Å²) in [4.78, 5) is 4.70. The molecule has 25 heavy (non-hydrogen) atoms. The van der Waals surface area contributed by atoms with Crippen LogP contribution in [0.4, 0.5) is 0 Å². The van der Waals surface area contributed by atoms with Crippen molar-refractivity contribution in [1.29, 1.82) is 0 Å². The van der Waals surface area contributed by atoms with Crippen LogP contribution in [0.3, 0.4) is 0 Å². The van der Waals surface area contributed by atoms with Gasteiger partial charge in [0.2, 0.25) is 0 Å². The number of hydrogen-bond acceptors (Lipinski definition) is 3. The minimum Gasteiger partial charge on any atom is -0.493 e. The quantitative estimate of drug-likeness (QED) is 0.449. The molecule has 2 rings (SSSR count). The molecule has 3 N–H and O–H groups in total. The number of aliphatic hydroxyl groups excluding tert-OH is 1. The van der Waals surface area contributed by atoms with Gasteiger partial charge in [-0.1, -0.05) is 25.5 Å². The monoisotopic (exact) mass is 347 g/mol. The van der Waals surface area contributed by atoms with E-state index in [0.29, 0.717) is 5.92 Å². The number of hydrogen-bond donors (Lipinski definition) is 3. The largest absolute Gasteiger partial charge is 0.493 e. The minimum absolute atomic E-state index is 0.242. The second kappa shape index (κ2) is 11.0. The number of nitrogens with zero attached hydrogens (tertiary/aromatic N) is 1. The normalized spacial score (nSPS) is 14.8. The van der Waals surface area contributed by atoms with Crippen molar-refractivity contribution in [2.75, 3.05) is 32.8 Å². The van der Waals surface area contributed by atoms with Crippen LogP contribution in [0.15, 0.2) is 23.2 Å². The Balaban J connectivity index is 1.82. The number of aliphatic hydroxyl groups is 1. The summed E-state index contributed by atoms with van der Waals surface area (Å²) >= 11 is 0. The molecule has 0 fully saturated rings. The molecule has 0 radical (unpaired) electrons. The fourth-order valence-electron chi connectivity index (χ4n) is 3.20. The number of guanidine groups is 1. The Hall–Kier alpha value is -1.75. The highest BCUT2D eigenvalue weighted by Crippen LogP contribution is 2.25. The number of nitrogens with one attached hydrogen (secondary N) is 2. The fraction of sp³-hybridized carbons (Fsp3) is 0.650. The number of aliphatic imine (C=N–C) groups is 1. The van der Waals surface area contributed by atoms with Gasteiger partial charge < -0.3 is 20.5 Å². The third kappa shape index (κ3) is 6.58. The smallest absolute Gasteiger partial charge is 0.191 e. The summed E-state index contributed by atoms with van der Waals surface area (Å²) in [5, 5.41) is 15.9. The molecule has 0 spiro atoms. The highest BCUT2D eigenvalue weighted by molar-refractivity contribution is 5.79. The highest BCUT2D eigenvalue weighted by Gasteiger charge is 2.12. The Kier molecular flexibility index (Phi) is 8.60. The van der Waals surface area contributed by atoms with Crippen LogP contribution in [-0.4, -0.2) is 43.9 Å². The molecule has 1 aliphatic heterocycles. The van der Waals surface area contributed by atoms with Gasteiger partial charge in [0.25, 0.3) is 0 Å². The zero-order chi connectivity index (χ0) is 17.9. The topological polar surface area (TPSA) is 65.9 Å². The second-order valence-corrected chi connectivity index (χ2v) is 6.60. The molecule has 0 aromatic heterocycles. The molecule has 1 atom stereocenters. The van der Waals surface area contributed by atoms with E-state index in [0.717, 1.165) is 70.1 Å². The van der Waals surface area contributed by atoms with Gasteiger partial charge in [0.1, 0.15) is 5.75 Å². The molecule has 5 nitrogen and oxygen atoms in total. The summed E-state index contributed by atoms with van der Waals surface area (Å²) in [6.07, 6.45) is 5.05. The molecular weight excluding hydrogens is 314 g/mol. The predicted molar refractivity (Wildman–Crippen MR) is 103 cm³/mol. The van der Waals surface area contributed by atoms with Crippen LogP contribution in [0.1, 0.15) is 44.2 Å². The van der Waals surface area contributed by atoms with Crippen molar-refractivity contribution in [3.05, 3.63) is 29.3 Å². The molecule has 0 aliphatic carbocycles. The summed E-state index contributed by atoms with van der Waals surface area (Å²) in [5.74, 6) is 2.37. The van der Waals surface area contributed by atoms with Crippen molar-refractivity contribution in [2.24, 2.45) is 10.9 Å². The Morgan fingerprint density at radius 1 is 1.28 bits per heavy atom. The van der Waals surface area contributed by atoms with E-state index in [1.54, 1.807) is 0 Å². The number of benzene rings is 1. The molecular formula is C20H33N3O2. The van der Waals surface area contributed by atoms with Crippen molar-refractivity contribution in [1.82, 2.24) is 10.6 Å². The summed E-state index contributed by atoms with van der Waals surface area (Å²) in [7, 11) is 0. The van der Waals surface area contributed by atoms with Crippen molar-refractivity contribution in [3.8, 4) is 5.75 Å². The Morgan fingerprint density at radius 3 is 2.92 bits per heavy atom. The van der Waals surface area contributed by atoms with E-state index in [1.807, 2.05) is 0 Å². The van der Waals surface area contributed by atoms with Crippen molar-refractivity contribution < 1.29 is 9.84 Å². The third-order valence-corrected chi connectivity index (χ3v) is 4.55. The molecule has 140 valence electrons. The highest BCUT2D eigenvalue weighted by atomic mass is 16.5. The number of rotatable bonds is 10. The summed E-state index contributed by atoms with van der Waals surface area (Å²) < 4.78 is 5.56. The summed E-state index contributed by atoms with van der Waals surface area (Å²) in [6.45, 7) is 7.77. The van der Waals surface area contributed by atoms with Crippen LogP contribution in [0.2, 0.25) is 0 Å². The molecule has 1 unspecified atom stereocenters. The van der Waals surface area contributed by atoms with Gasteiger partial charge in [-0.2, -0.15) is 0 Å². The number of ether oxygens (including phenoxy) is 1. The van der Waals surface area contributed by atoms with E-state index in [1.165, 1.54) is 11.1 Å². The van der Waals surface area contributed by atoms with E-state index in [2.05, 4.69) is 42.7 Å². The lowest BCUT2D eigenvalue weighted by molar-refractivity contribution is 0.253. The molecule has 0 amide bonds. The molecule has 1 aliphatic rings. The van der Waals surface area contributed by atoms with E-state index >= 15 is 0 Å². The van der Waals surface area contributed by atoms with Gasteiger partial charge in [0, 0.05) is 32.7 Å². The van der Waals surface area contributed by atoms with Crippen LogP contribution in [-0.2, 0) is 12.8 Å². The van der Waals surface area contributed by atoms with Crippen LogP contribution in [0.25, 0.3) is 0 Å². The summed E-state index contributed by atoms with van der Waals surface area (Å²) in [6, 6.07) is 6.49. The first-order valence-corrected chi connectivity index (χ1v) is 9.64. The minimum atomic E-state index is 0.242. The van der Waals surface area contributed by atoms with Gasteiger partial charge in [0.15, 0.2) is 5.96 Å². The molecule has 0 saturated carbocycles. The van der Waals surface area contributed by atoms with E-state index in [4.69, 9.17) is 9.73 Å². The standard InChI is InChI=1S/C20H33N3O2/c1-3-5-17(9-12-24)15-23-20(21-4-2)22-11-8-16-6-7-19-18(14-16)10-13-25-19/h6-7,14,17,24H,3-5,8-13,15H2,1-2H3,(H2,21,22,23). The maximum Gasteiger partial charge on any atom is 0.191 e. The van der Waals surface area contributed by atoms with E-state index in [9.17, 15) is 5.11 Å². The molecule has 1 heterocycles. The van der Waals surface area contributed by atoms with E-state index < -0.39 is 0 Å². The lowest BCUT2D eigenvalue weighted by atomic mass is 10.0. The molecule has 1 aromatic carbocycles. The SMILES string of the molecule is CCCC(CCO)CN=C(NCC)NCCc1ccc2c(c1)CCO2. The maximum absolute atomic E-state index is 9.18. The maximum atomic E-state index is 9.18. The fourth-order valence-corrected chi connectivity index (χ4v) is 3.20.